The summed E-state index contributed by atoms with van der Waals surface area (Å²) < 4.78 is 1.63. The van der Waals surface area contributed by atoms with E-state index in [1.54, 1.807) is 29.8 Å². The highest BCUT2D eigenvalue weighted by atomic mass is 35.5. The first kappa shape index (κ1) is 15.6. The van der Waals surface area contributed by atoms with Crippen molar-refractivity contribution in [2.24, 2.45) is 0 Å². The van der Waals surface area contributed by atoms with Gasteiger partial charge in [-0.05, 0) is 38.0 Å². The Kier molecular flexibility index (Phi) is 4.09. The van der Waals surface area contributed by atoms with Crippen molar-refractivity contribution in [1.82, 2.24) is 14.7 Å². The number of likely N-dealkylation sites (tertiary alicyclic amines) is 1. The molecule has 1 aromatic carbocycles. The van der Waals surface area contributed by atoms with Gasteiger partial charge in [0.05, 0.1) is 23.1 Å². The number of aromatic nitrogens is 2. The van der Waals surface area contributed by atoms with E-state index >= 15 is 0 Å². The second kappa shape index (κ2) is 6.04. The van der Waals surface area contributed by atoms with Crippen LogP contribution in [-0.4, -0.2) is 44.3 Å². The molecule has 120 valence electrons. The second-order valence-corrected chi connectivity index (χ2v) is 5.97. The highest BCUT2D eigenvalue weighted by molar-refractivity contribution is 6.30. The van der Waals surface area contributed by atoms with Gasteiger partial charge in [0.2, 0.25) is 0 Å². The van der Waals surface area contributed by atoms with Crippen molar-refractivity contribution in [1.29, 1.82) is 0 Å². The van der Waals surface area contributed by atoms with Gasteiger partial charge in [0, 0.05) is 11.6 Å². The molecule has 1 amide bonds. The molecule has 1 aliphatic heterocycles. The Morgan fingerprint density at radius 1 is 1.39 bits per heavy atom. The highest BCUT2D eigenvalue weighted by Crippen LogP contribution is 2.23. The molecule has 0 spiro atoms. The predicted molar refractivity (Wildman–Crippen MR) is 85.0 cm³/mol. The third-order valence-corrected chi connectivity index (χ3v) is 4.33. The fourth-order valence-corrected chi connectivity index (χ4v) is 3.09. The summed E-state index contributed by atoms with van der Waals surface area (Å²) in [6, 6.07) is 6.41. The van der Waals surface area contributed by atoms with Gasteiger partial charge in [-0.3, -0.25) is 4.79 Å². The van der Waals surface area contributed by atoms with Crippen molar-refractivity contribution in [2.75, 3.05) is 6.54 Å². The summed E-state index contributed by atoms with van der Waals surface area (Å²) in [6.45, 7) is 2.24. The average molecular weight is 334 g/mol. The Morgan fingerprint density at radius 2 is 2.17 bits per heavy atom. The zero-order valence-corrected chi connectivity index (χ0v) is 13.3. The summed E-state index contributed by atoms with van der Waals surface area (Å²) >= 11 is 5.99. The first-order valence-electron chi connectivity index (χ1n) is 7.33. The van der Waals surface area contributed by atoms with Gasteiger partial charge in [-0.2, -0.15) is 5.10 Å². The number of carbonyl (C=O) groups excluding carboxylic acids is 1. The molecule has 3 rings (SSSR count). The molecule has 0 saturated carbocycles. The molecule has 6 nitrogen and oxygen atoms in total. The SMILES string of the molecule is Cc1c(C(=O)N2CCCC2C(=O)O)cnn1-c1cccc(Cl)c1. The van der Waals surface area contributed by atoms with Gasteiger partial charge in [-0.25, -0.2) is 9.48 Å². The van der Waals surface area contributed by atoms with Crippen molar-refractivity contribution < 1.29 is 14.7 Å². The molecule has 2 aromatic rings. The zero-order valence-electron chi connectivity index (χ0n) is 12.6. The number of benzene rings is 1. The number of nitrogens with zero attached hydrogens (tertiary/aromatic N) is 3. The molecule has 1 aliphatic rings. The fraction of sp³-hybridized carbons (Fsp3) is 0.312. The minimum atomic E-state index is -0.962. The molecular formula is C16H16ClN3O3. The molecule has 2 heterocycles. The number of rotatable bonds is 3. The smallest absolute Gasteiger partial charge is 0.326 e. The monoisotopic (exact) mass is 333 g/mol. The maximum Gasteiger partial charge on any atom is 0.326 e. The van der Waals surface area contributed by atoms with E-state index in [4.69, 9.17) is 11.6 Å². The lowest BCUT2D eigenvalue weighted by Gasteiger charge is -2.21. The molecule has 1 atom stereocenters. The maximum absolute atomic E-state index is 12.7. The third-order valence-electron chi connectivity index (χ3n) is 4.09. The van der Waals surface area contributed by atoms with Crippen LogP contribution in [0.3, 0.4) is 0 Å². The van der Waals surface area contributed by atoms with Crippen molar-refractivity contribution in [2.45, 2.75) is 25.8 Å². The van der Waals surface area contributed by atoms with Crippen molar-refractivity contribution in [3.8, 4) is 5.69 Å². The minimum Gasteiger partial charge on any atom is -0.480 e. The molecule has 23 heavy (non-hydrogen) atoms. The standard InChI is InChI=1S/C16H16ClN3O3/c1-10-13(15(21)19-7-3-6-14(19)16(22)23)9-18-20(10)12-5-2-4-11(17)8-12/h2,4-5,8-9,14H,3,6-7H2,1H3,(H,22,23). The van der Waals surface area contributed by atoms with Crippen LogP contribution in [0.5, 0.6) is 0 Å². The zero-order chi connectivity index (χ0) is 16.6. The Labute approximate surface area is 138 Å². The van der Waals surface area contributed by atoms with Gasteiger partial charge in [0.25, 0.3) is 5.91 Å². The Hall–Kier alpha value is -2.34. The van der Waals surface area contributed by atoms with Crippen LogP contribution in [0.2, 0.25) is 5.02 Å². The van der Waals surface area contributed by atoms with Crippen LogP contribution in [0.15, 0.2) is 30.5 Å². The summed E-state index contributed by atoms with van der Waals surface area (Å²) in [5.74, 6) is -1.25. The molecule has 0 bridgehead atoms. The topological polar surface area (TPSA) is 75.4 Å². The Balaban J connectivity index is 1.93. The van der Waals surface area contributed by atoms with Crippen LogP contribution in [0.4, 0.5) is 0 Å². The Morgan fingerprint density at radius 3 is 2.87 bits per heavy atom. The van der Waals surface area contributed by atoms with E-state index in [0.717, 1.165) is 5.69 Å². The van der Waals surface area contributed by atoms with E-state index in [1.807, 2.05) is 6.07 Å². The van der Waals surface area contributed by atoms with Crippen LogP contribution < -0.4 is 0 Å². The van der Waals surface area contributed by atoms with Crippen LogP contribution >= 0.6 is 11.6 Å². The lowest BCUT2D eigenvalue weighted by molar-refractivity contribution is -0.141. The van der Waals surface area contributed by atoms with Crippen molar-refractivity contribution >= 4 is 23.5 Å². The van der Waals surface area contributed by atoms with Gasteiger partial charge < -0.3 is 10.0 Å². The normalized spacial score (nSPS) is 17.5. The molecule has 0 aliphatic carbocycles. The van der Waals surface area contributed by atoms with E-state index in [0.29, 0.717) is 35.7 Å². The Bertz CT molecular complexity index is 772. The fourth-order valence-electron chi connectivity index (χ4n) is 2.91. The molecule has 1 aromatic heterocycles. The number of aliphatic carboxylic acids is 1. The molecule has 1 saturated heterocycles. The van der Waals surface area contributed by atoms with E-state index in [9.17, 15) is 14.7 Å². The quantitative estimate of drug-likeness (QED) is 0.936. The second-order valence-electron chi connectivity index (χ2n) is 5.53. The number of carbonyl (C=O) groups is 2. The number of amides is 1. The number of hydrogen-bond donors (Lipinski definition) is 1. The lowest BCUT2D eigenvalue weighted by atomic mass is 10.2. The molecule has 7 heteroatoms. The third kappa shape index (κ3) is 2.82. The number of hydrogen-bond acceptors (Lipinski definition) is 3. The number of carboxylic acids is 1. The first-order valence-corrected chi connectivity index (χ1v) is 7.71. The van der Waals surface area contributed by atoms with Crippen LogP contribution in [-0.2, 0) is 4.79 Å². The van der Waals surface area contributed by atoms with Crippen molar-refractivity contribution in [3.63, 3.8) is 0 Å². The van der Waals surface area contributed by atoms with Crippen molar-refractivity contribution in [3.05, 3.63) is 46.7 Å². The molecule has 0 radical (unpaired) electrons. The maximum atomic E-state index is 12.7. The van der Waals surface area contributed by atoms with Crippen LogP contribution in [0.25, 0.3) is 5.69 Å². The average Bonchev–Trinajstić information content (AvgIpc) is 3.13. The summed E-state index contributed by atoms with van der Waals surface area (Å²) in [7, 11) is 0. The largest absolute Gasteiger partial charge is 0.480 e. The lowest BCUT2D eigenvalue weighted by Crippen LogP contribution is -2.40. The van der Waals surface area contributed by atoms with E-state index in [1.165, 1.54) is 11.1 Å². The van der Waals surface area contributed by atoms with Gasteiger partial charge in [0.1, 0.15) is 6.04 Å². The summed E-state index contributed by atoms with van der Waals surface area (Å²) in [5, 5.41) is 14.1. The first-order chi connectivity index (χ1) is 11.0. The minimum absolute atomic E-state index is 0.291. The summed E-state index contributed by atoms with van der Waals surface area (Å²) in [4.78, 5) is 25.4. The van der Waals surface area contributed by atoms with Gasteiger partial charge >= 0.3 is 5.97 Å². The molecular weight excluding hydrogens is 318 g/mol. The highest BCUT2D eigenvalue weighted by Gasteiger charge is 2.35. The number of halogens is 1. The van der Waals surface area contributed by atoms with Gasteiger partial charge in [-0.1, -0.05) is 17.7 Å². The molecule has 1 N–H and O–H groups in total. The van der Waals surface area contributed by atoms with E-state index in [2.05, 4.69) is 5.10 Å². The molecule has 1 fully saturated rings. The summed E-state index contributed by atoms with van der Waals surface area (Å²) in [5.41, 5.74) is 1.83. The van der Waals surface area contributed by atoms with Crippen LogP contribution in [0.1, 0.15) is 28.9 Å². The van der Waals surface area contributed by atoms with Crippen LogP contribution in [0, 0.1) is 6.92 Å². The van der Waals surface area contributed by atoms with E-state index in [-0.39, 0.29) is 5.91 Å². The van der Waals surface area contributed by atoms with E-state index < -0.39 is 12.0 Å². The number of carboxylic acid groups (broad SMARTS) is 1. The van der Waals surface area contributed by atoms with Gasteiger partial charge in [0.15, 0.2) is 0 Å². The van der Waals surface area contributed by atoms with Gasteiger partial charge in [-0.15, -0.1) is 0 Å². The molecule has 1 unspecified atom stereocenters. The summed E-state index contributed by atoms with van der Waals surface area (Å²) in [6.07, 6.45) is 2.67. The predicted octanol–water partition coefficient (Wildman–Crippen LogP) is 2.52.